The lowest BCUT2D eigenvalue weighted by atomic mass is 10.00. The molecule has 4 rings (SSSR count). The number of thiocarbonyl (C=S) groups is 1. The molecular formula is C26H26Cl2N4OS. The van der Waals surface area contributed by atoms with E-state index in [1.165, 1.54) is 5.57 Å². The van der Waals surface area contributed by atoms with Gasteiger partial charge in [0, 0.05) is 41.8 Å². The Bertz CT molecular complexity index is 1210. The second-order valence-corrected chi connectivity index (χ2v) is 9.56. The minimum Gasteiger partial charge on any atom is -0.352 e. The molecule has 0 saturated heterocycles. The minimum absolute atomic E-state index is 0.221. The molecule has 34 heavy (non-hydrogen) atoms. The highest BCUT2D eigenvalue weighted by molar-refractivity contribution is 7.80. The fourth-order valence-corrected chi connectivity index (χ4v) is 4.61. The van der Waals surface area contributed by atoms with Gasteiger partial charge in [-0.3, -0.25) is 4.79 Å². The lowest BCUT2D eigenvalue weighted by Crippen LogP contribution is -2.49. The summed E-state index contributed by atoms with van der Waals surface area (Å²) in [6.07, 6.45) is 8.60. The van der Waals surface area contributed by atoms with Gasteiger partial charge >= 0.3 is 0 Å². The number of halogens is 2. The summed E-state index contributed by atoms with van der Waals surface area (Å²) < 4.78 is 0. The first-order valence-electron chi connectivity index (χ1n) is 11.1. The number of hydrogen-bond donors (Lipinski definition) is 1. The Morgan fingerprint density at radius 1 is 1.24 bits per heavy atom. The van der Waals surface area contributed by atoms with Gasteiger partial charge in [0.25, 0.3) is 5.91 Å². The van der Waals surface area contributed by atoms with Gasteiger partial charge in [-0.2, -0.15) is 0 Å². The van der Waals surface area contributed by atoms with E-state index < -0.39 is 6.17 Å². The molecule has 0 radical (unpaired) electrons. The maximum atomic E-state index is 13.4. The number of amides is 1. The largest absolute Gasteiger partial charge is 0.352 e. The highest BCUT2D eigenvalue weighted by Crippen LogP contribution is 2.31. The number of rotatable bonds is 5. The van der Waals surface area contributed by atoms with Gasteiger partial charge in [0.1, 0.15) is 0 Å². The molecule has 0 bridgehead atoms. The van der Waals surface area contributed by atoms with Crippen molar-refractivity contribution in [2.75, 3.05) is 25.5 Å². The van der Waals surface area contributed by atoms with E-state index in [1.807, 2.05) is 42.3 Å². The molecule has 0 saturated carbocycles. The summed E-state index contributed by atoms with van der Waals surface area (Å²) in [5.74, 6) is -0.221. The molecular weight excluding hydrogens is 487 g/mol. The molecule has 0 fully saturated rings. The zero-order chi connectivity index (χ0) is 24.2. The first kappa shape index (κ1) is 24.5. The van der Waals surface area contributed by atoms with Gasteiger partial charge in [0.2, 0.25) is 6.17 Å². The Labute approximate surface area is 215 Å². The summed E-state index contributed by atoms with van der Waals surface area (Å²) in [4.78, 5) is 21.8. The van der Waals surface area contributed by atoms with Crippen molar-refractivity contribution in [2.24, 2.45) is 4.99 Å². The van der Waals surface area contributed by atoms with Crippen LogP contribution in [0.3, 0.4) is 0 Å². The number of likely N-dealkylation sites (N-methyl/N-ethyl adjacent to an activating group) is 1. The van der Waals surface area contributed by atoms with E-state index >= 15 is 0 Å². The molecule has 176 valence electrons. The minimum atomic E-state index is -0.908. The van der Waals surface area contributed by atoms with Gasteiger partial charge in [-0.15, -0.1) is 0 Å². The van der Waals surface area contributed by atoms with Gasteiger partial charge in [-0.05, 0) is 55.7 Å². The van der Waals surface area contributed by atoms with E-state index in [4.69, 9.17) is 40.4 Å². The van der Waals surface area contributed by atoms with Crippen LogP contribution in [-0.2, 0) is 4.79 Å². The van der Waals surface area contributed by atoms with Crippen molar-refractivity contribution in [2.45, 2.75) is 25.4 Å². The third-order valence-electron chi connectivity index (χ3n) is 6.00. The van der Waals surface area contributed by atoms with Crippen LogP contribution in [-0.4, -0.2) is 48.4 Å². The van der Waals surface area contributed by atoms with Crippen molar-refractivity contribution >= 4 is 57.8 Å². The summed E-state index contributed by atoms with van der Waals surface area (Å²) in [5.41, 5.74) is 4.14. The average molecular weight is 513 g/mol. The van der Waals surface area contributed by atoms with Gasteiger partial charge in [-0.25, -0.2) is 4.99 Å². The molecule has 1 unspecified atom stereocenters. The molecule has 2 aromatic carbocycles. The zero-order valence-electron chi connectivity index (χ0n) is 19.1. The Kier molecular flexibility index (Phi) is 7.71. The summed E-state index contributed by atoms with van der Waals surface area (Å²) >= 11 is 18.5. The van der Waals surface area contributed by atoms with E-state index in [1.54, 1.807) is 24.1 Å². The molecule has 5 nitrogen and oxygen atoms in total. The fraction of sp³-hybridized carbons (Fsp3) is 0.269. The van der Waals surface area contributed by atoms with Crippen molar-refractivity contribution in [1.82, 2.24) is 10.2 Å². The van der Waals surface area contributed by atoms with E-state index in [0.717, 1.165) is 36.9 Å². The number of allylic oxidation sites excluding steroid dienone is 3. The number of hydrogen-bond acceptors (Lipinski definition) is 3. The maximum Gasteiger partial charge on any atom is 0.272 e. The number of carbonyl (C=O) groups is 1. The molecule has 0 aromatic heterocycles. The Morgan fingerprint density at radius 3 is 2.76 bits per heavy atom. The maximum absolute atomic E-state index is 13.4. The Hall–Kier alpha value is -2.67. The number of benzodiazepines with no additional fused rings is 1. The van der Waals surface area contributed by atoms with Crippen LogP contribution in [0.2, 0.25) is 10.0 Å². The monoisotopic (exact) mass is 512 g/mol. The predicted molar refractivity (Wildman–Crippen MR) is 145 cm³/mol. The number of carbonyl (C=O) groups excluding carboxylic acids is 1. The number of anilines is 1. The smallest absolute Gasteiger partial charge is 0.272 e. The van der Waals surface area contributed by atoms with Crippen LogP contribution in [0.1, 0.15) is 30.4 Å². The molecule has 2 aliphatic rings. The van der Waals surface area contributed by atoms with E-state index in [2.05, 4.69) is 23.5 Å². The molecule has 0 spiro atoms. The number of fused-ring (bicyclic) bond motifs is 1. The SMILES string of the molecule is CN(CCC1=CC=CCC1)C(=S)NC1N=C(c2ccccc2Cl)c2cc(Cl)ccc2N(C)C1=O. The average Bonchev–Trinajstić information content (AvgIpc) is 2.94. The van der Waals surface area contributed by atoms with Crippen LogP contribution in [0, 0.1) is 0 Å². The molecule has 2 aromatic rings. The predicted octanol–water partition coefficient (Wildman–Crippen LogP) is 5.61. The van der Waals surface area contributed by atoms with E-state index in [-0.39, 0.29) is 5.91 Å². The molecule has 1 heterocycles. The second kappa shape index (κ2) is 10.7. The second-order valence-electron chi connectivity index (χ2n) is 8.33. The summed E-state index contributed by atoms with van der Waals surface area (Å²) in [5, 5.41) is 4.72. The van der Waals surface area contributed by atoms with Gasteiger partial charge in [0.15, 0.2) is 5.11 Å². The standard InChI is InChI=1S/C26H26Cl2N4OS/c1-31(15-14-17-8-4-3-5-9-17)26(34)30-24-25(33)32(2)22-13-12-18(27)16-20(22)23(29-24)19-10-6-7-11-21(19)28/h3-4,6-8,10-13,16,24H,5,9,14-15H2,1-2H3,(H,30,34). The molecule has 8 heteroatoms. The molecule has 1 N–H and O–H groups in total. The van der Waals surface area contributed by atoms with Gasteiger partial charge < -0.3 is 15.1 Å². The summed E-state index contributed by atoms with van der Waals surface area (Å²) in [6, 6.07) is 12.8. The van der Waals surface area contributed by atoms with Gasteiger partial charge in [-0.1, -0.05) is 65.2 Å². The van der Waals surface area contributed by atoms with Crippen LogP contribution in [0.15, 0.2) is 71.3 Å². The third kappa shape index (κ3) is 5.35. The Balaban J connectivity index is 1.63. The van der Waals surface area contributed by atoms with Crippen LogP contribution in [0.5, 0.6) is 0 Å². The van der Waals surface area contributed by atoms with Crippen LogP contribution >= 0.6 is 35.4 Å². The van der Waals surface area contributed by atoms with E-state index in [9.17, 15) is 4.79 Å². The van der Waals surface area contributed by atoms with Crippen molar-refractivity contribution < 1.29 is 4.79 Å². The third-order valence-corrected chi connectivity index (χ3v) is 7.00. The number of benzene rings is 2. The number of nitrogens with zero attached hydrogens (tertiary/aromatic N) is 3. The molecule has 1 aliphatic heterocycles. The first-order chi connectivity index (χ1) is 16.3. The van der Waals surface area contributed by atoms with E-state index in [0.29, 0.717) is 26.6 Å². The van der Waals surface area contributed by atoms with Crippen molar-refractivity contribution in [3.8, 4) is 0 Å². The fourth-order valence-electron chi connectivity index (χ4n) is 4.01. The number of nitrogens with one attached hydrogen (secondary N) is 1. The van der Waals surface area contributed by atoms with Crippen molar-refractivity contribution in [3.63, 3.8) is 0 Å². The lowest BCUT2D eigenvalue weighted by Gasteiger charge is -2.26. The Morgan fingerprint density at radius 2 is 2.03 bits per heavy atom. The zero-order valence-corrected chi connectivity index (χ0v) is 21.4. The molecule has 1 atom stereocenters. The summed E-state index contributed by atoms with van der Waals surface area (Å²) in [7, 11) is 3.65. The quantitative estimate of drug-likeness (QED) is 0.529. The first-order valence-corrected chi connectivity index (χ1v) is 12.3. The van der Waals surface area contributed by atoms with Crippen LogP contribution in [0.4, 0.5) is 5.69 Å². The highest BCUT2D eigenvalue weighted by atomic mass is 35.5. The van der Waals surface area contributed by atoms with Crippen LogP contribution < -0.4 is 10.2 Å². The molecule has 1 amide bonds. The van der Waals surface area contributed by atoms with Crippen LogP contribution in [0.25, 0.3) is 0 Å². The van der Waals surface area contributed by atoms with Crippen molar-refractivity contribution in [3.05, 3.63) is 87.4 Å². The number of aliphatic imine (C=N–C) groups is 1. The lowest BCUT2D eigenvalue weighted by molar-refractivity contribution is -0.119. The molecule has 1 aliphatic carbocycles. The normalized spacial score (nSPS) is 17.5. The topological polar surface area (TPSA) is 47.9 Å². The van der Waals surface area contributed by atoms with Crippen molar-refractivity contribution in [1.29, 1.82) is 0 Å². The summed E-state index contributed by atoms with van der Waals surface area (Å²) in [6.45, 7) is 0.749. The highest BCUT2D eigenvalue weighted by Gasteiger charge is 2.31. The van der Waals surface area contributed by atoms with Gasteiger partial charge in [0.05, 0.1) is 11.4 Å².